The van der Waals surface area contributed by atoms with Crippen LogP contribution in [0.5, 0.6) is 11.6 Å². The molecule has 108 valence electrons. The Morgan fingerprint density at radius 3 is 2.62 bits per heavy atom. The molecule has 2 aromatic rings. The number of carboxylic acids is 1. The van der Waals surface area contributed by atoms with Crippen LogP contribution < -0.4 is 4.74 Å². The summed E-state index contributed by atoms with van der Waals surface area (Å²) in [6, 6.07) is 3.46. The lowest BCUT2D eigenvalue weighted by atomic mass is 10.1. The van der Waals surface area contributed by atoms with E-state index in [-0.39, 0.29) is 11.6 Å². The number of nitro benzene ring substituents is 1. The van der Waals surface area contributed by atoms with Gasteiger partial charge in [0.1, 0.15) is 11.3 Å². The first-order valence-corrected chi connectivity index (χ1v) is 5.88. The highest BCUT2D eigenvalue weighted by Crippen LogP contribution is 2.27. The lowest BCUT2D eigenvalue weighted by Crippen LogP contribution is -2.03. The molecule has 8 heteroatoms. The normalized spacial score (nSPS) is 10.2. The van der Waals surface area contributed by atoms with Crippen LogP contribution in [0.2, 0.25) is 0 Å². The molecule has 0 fully saturated rings. The minimum absolute atomic E-state index is 0.135. The number of rotatable bonds is 4. The molecule has 1 N–H and O–H groups in total. The van der Waals surface area contributed by atoms with E-state index in [2.05, 4.69) is 9.97 Å². The highest BCUT2D eigenvalue weighted by atomic mass is 16.6. The molecule has 0 aliphatic heterocycles. The van der Waals surface area contributed by atoms with E-state index in [9.17, 15) is 14.9 Å². The van der Waals surface area contributed by atoms with E-state index in [4.69, 9.17) is 9.84 Å². The van der Waals surface area contributed by atoms with Gasteiger partial charge >= 0.3 is 5.97 Å². The van der Waals surface area contributed by atoms with Crippen molar-refractivity contribution in [3.63, 3.8) is 0 Å². The molecule has 0 bridgehead atoms. The predicted molar refractivity (Wildman–Crippen MR) is 71.6 cm³/mol. The Bertz CT molecular complexity index is 730. The molecule has 0 saturated carbocycles. The third-order valence-corrected chi connectivity index (χ3v) is 2.79. The Morgan fingerprint density at radius 1 is 1.33 bits per heavy atom. The molecule has 1 heterocycles. The van der Waals surface area contributed by atoms with Crippen molar-refractivity contribution in [2.24, 2.45) is 0 Å². The third-order valence-electron chi connectivity index (χ3n) is 2.79. The van der Waals surface area contributed by atoms with Gasteiger partial charge in [-0.1, -0.05) is 0 Å². The van der Waals surface area contributed by atoms with Gasteiger partial charge in [-0.3, -0.25) is 15.1 Å². The number of aromatic carboxylic acids is 1. The van der Waals surface area contributed by atoms with Gasteiger partial charge in [0, 0.05) is 12.1 Å². The largest absolute Gasteiger partial charge is 0.477 e. The second-order valence-electron chi connectivity index (χ2n) is 4.22. The van der Waals surface area contributed by atoms with Crippen LogP contribution >= 0.6 is 0 Å². The molecule has 0 aliphatic rings. The van der Waals surface area contributed by atoms with Crippen molar-refractivity contribution in [3.05, 3.63) is 51.5 Å². The van der Waals surface area contributed by atoms with Crippen molar-refractivity contribution >= 4 is 11.7 Å². The maximum atomic E-state index is 11.0. The zero-order valence-corrected chi connectivity index (χ0v) is 11.2. The Balaban J connectivity index is 2.36. The molecular formula is C13H11N3O5. The van der Waals surface area contributed by atoms with Gasteiger partial charge in [0.05, 0.1) is 22.5 Å². The average Bonchev–Trinajstić information content (AvgIpc) is 2.42. The number of carboxylic acid groups (broad SMARTS) is 1. The van der Waals surface area contributed by atoms with Crippen molar-refractivity contribution in [1.82, 2.24) is 9.97 Å². The number of hydrogen-bond donors (Lipinski definition) is 1. The topological polar surface area (TPSA) is 115 Å². The molecule has 0 unspecified atom stereocenters. The highest BCUT2D eigenvalue weighted by Gasteiger charge is 2.20. The number of hydrogen-bond acceptors (Lipinski definition) is 6. The van der Waals surface area contributed by atoms with E-state index >= 15 is 0 Å². The van der Waals surface area contributed by atoms with Crippen molar-refractivity contribution in [2.45, 2.75) is 13.8 Å². The van der Waals surface area contributed by atoms with E-state index < -0.39 is 22.1 Å². The number of nitrogens with zero attached hydrogens (tertiary/aromatic N) is 3. The maximum absolute atomic E-state index is 11.0. The van der Waals surface area contributed by atoms with Crippen LogP contribution in [0.25, 0.3) is 0 Å². The van der Waals surface area contributed by atoms with E-state index in [0.717, 1.165) is 17.8 Å². The lowest BCUT2D eigenvalue weighted by molar-refractivity contribution is -0.385. The fourth-order valence-electron chi connectivity index (χ4n) is 1.60. The first kappa shape index (κ1) is 14.4. The van der Waals surface area contributed by atoms with Crippen molar-refractivity contribution in [1.29, 1.82) is 0 Å². The number of ether oxygens (including phenoxy) is 1. The summed E-state index contributed by atoms with van der Waals surface area (Å²) in [4.78, 5) is 29.2. The molecule has 8 nitrogen and oxygen atoms in total. The monoisotopic (exact) mass is 289 g/mol. The highest BCUT2D eigenvalue weighted by molar-refractivity contribution is 5.92. The number of aryl methyl sites for hydroxylation is 2. The van der Waals surface area contributed by atoms with Gasteiger partial charge in [0.25, 0.3) is 5.69 Å². The lowest BCUT2D eigenvalue weighted by Gasteiger charge is -2.07. The quantitative estimate of drug-likeness (QED) is 0.678. The van der Waals surface area contributed by atoms with Crippen LogP contribution in [0.3, 0.4) is 0 Å². The number of benzene rings is 1. The molecule has 0 aliphatic carbocycles. The second kappa shape index (κ2) is 5.53. The number of nitro groups is 1. The summed E-state index contributed by atoms with van der Waals surface area (Å²) in [6.07, 6.45) is 1.39. The molecule has 0 spiro atoms. The standard InChI is InChI=1S/C13H11N3O5/c1-7-8(2)15-12(6-14-7)21-9-3-4-11(16(19)20)10(5-9)13(17)18/h3-6H,1-2H3,(H,17,18). The Hall–Kier alpha value is -3.03. The van der Waals surface area contributed by atoms with Gasteiger partial charge in [0.2, 0.25) is 5.88 Å². The molecule has 0 radical (unpaired) electrons. The molecular weight excluding hydrogens is 278 g/mol. The molecule has 1 aromatic carbocycles. The fourth-order valence-corrected chi connectivity index (χ4v) is 1.60. The van der Waals surface area contributed by atoms with Crippen molar-refractivity contribution in [2.75, 3.05) is 0 Å². The van der Waals surface area contributed by atoms with Crippen LogP contribution in [-0.4, -0.2) is 26.0 Å². The molecule has 0 saturated heterocycles. The van der Waals surface area contributed by atoms with Crippen LogP contribution in [0.4, 0.5) is 5.69 Å². The van der Waals surface area contributed by atoms with Gasteiger partial charge in [0.15, 0.2) is 0 Å². The van der Waals surface area contributed by atoms with E-state index in [1.165, 1.54) is 12.3 Å². The summed E-state index contributed by atoms with van der Waals surface area (Å²) in [5.74, 6) is -1.09. The second-order valence-corrected chi connectivity index (χ2v) is 4.22. The van der Waals surface area contributed by atoms with Crippen LogP contribution in [0.1, 0.15) is 21.7 Å². The van der Waals surface area contributed by atoms with Crippen LogP contribution in [0.15, 0.2) is 24.4 Å². The van der Waals surface area contributed by atoms with E-state index in [0.29, 0.717) is 5.69 Å². The van der Waals surface area contributed by atoms with Gasteiger partial charge in [-0.2, -0.15) is 0 Å². The van der Waals surface area contributed by atoms with E-state index in [1.54, 1.807) is 13.8 Å². The van der Waals surface area contributed by atoms with Gasteiger partial charge in [-0.05, 0) is 19.9 Å². The number of carbonyl (C=O) groups is 1. The summed E-state index contributed by atoms with van der Waals surface area (Å²) < 4.78 is 5.38. The average molecular weight is 289 g/mol. The summed E-state index contributed by atoms with van der Waals surface area (Å²) >= 11 is 0. The molecule has 1 aromatic heterocycles. The molecule has 21 heavy (non-hydrogen) atoms. The SMILES string of the molecule is Cc1ncc(Oc2ccc([N+](=O)[O-])c(C(=O)O)c2)nc1C. The summed E-state index contributed by atoms with van der Waals surface area (Å²) in [5, 5.41) is 19.8. The van der Waals surface area contributed by atoms with Crippen molar-refractivity contribution in [3.8, 4) is 11.6 Å². The Labute approximate surface area is 119 Å². The summed E-state index contributed by atoms with van der Waals surface area (Å²) in [6.45, 7) is 3.55. The van der Waals surface area contributed by atoms with Gasteiger partial charge < -0.3 is 9.84 Å². The third kappa shape index (κ3) is 3.11. The predicted octanol–water partition coefficient (Wildman–Crippen LogP) is 2.49. The Kier molecular flexibility index (Phi) is 3.79. The molecule has 0 amide bonds. The van der Waals surface area contributed by atoms with Crippen LogP contribution in [0, 0.1) is 24.0 Å². The zero-order valence-electron chi connectivity index (χ0n) is 11.2. The first-order chi connectivity index (χ1) is 9.88. The minimum atomic E-state index is -1.40. The summed E-state index contributed by atoms with van der Waals surface area (Å²) in [7, 11) is 0. The minimum Gasteiger partial charge on any atom is -0.477 e. The summed E-state index contributed by atoms with van der Waals surface area (Å²) in [5.41, 5.74) is 0.473. The molecule has 2 rings (SSSR count). The molecule has 0 atom stereocenters. The fraction of sp³-hybridized carbons (Fsp3) is 0.154. The number of aromatic nitrogens is 2. The van der Waals surface area contributed by atoms with Gasteiger partial charge in [-0.15, -0.1) is 0 Å². The first-order valence-electron chi connectivity index (χ1n) is 5.88. The zero-order chi connectivity index (χ0) is 15.6. The van der Waals surface area contributed by atoms with E-state index in [1.807, 2.05) is 0 Å². The van der Waals surface area contributed by atoms with Crippen LogP contribution in [-0.2, 0) is 0 Å². The Morgan fingerprint density at radius 2 is 2.05 bits per heavy atom. The maximum Gasteiger partial charge on any atom is 0.342 e. The smallest absolute Gasteiger partial charge is 0.342 e. The van der Waals surface area contributed by atoms with Gasteiger partial charge in [-0.25, -0.2) is 9.78 Å². The van der Waals surface area contributed by atoms with Crippen molar-refractivity contribution < 1.29 is 19.6 Å².